The van der Waals surface area contributed by atoms with E-state index in [1.54, 1.807) is 0 Å². The Hall–Kier alpha value is -1.36. The van der Waals surface area contributed by atoms with Crippen molar-refractivity contribution in [2.75, 3.05) is 17.3 Å². The molecule has 3 nitrogen and oxygen atoms in total. The number of aryl methyl sites for hydroxylation is 1. The van der Waals surface area contributed by atoms with E-state index < -0.39 is 11.6 Å². The lowest BCUT2D eigenvalue weighted by molar-refractivity contribution is 0.333. The Balaban J connectivity index is 2.20. The summed E-state index contributed by atoms with van der Waals surface area (Å²) in [4.78, 5) is 0. The molecule has 1 aliphatic carbocycles. The lowest BCUT2D eigenvalue weighted by Gasteiger charge is -2.26. The average Bonchev–Trinajstić information content (AvgIpc) is 2.26. The normalized spacial score (nSPS) is 15.5. The molecule has 1 saturated carbocycles. The zero-order chi connectivity index (χ0) is 12.4. The van der Waals surface area contributed by atoms with Gasteiger partial charge in [-0.3, -0.25) is 5.84 Å². The zero-order valence-electron chi connectivity index (χ0n) is 9.82. The molecule has 0 heterocycles. The molecule has 1 aromatic rings. The SMILES string of the molecule is Cc1cc(NN)c(NCC2CCC2)c(F)c1F. The maximum Gasteiger partial charge on any atom is 0.184 e. The second-order valence-corrected chi connectivity index (χ2v) is 4.57. The molecule has 1 aliphatic rings. The van der Waals surface area contributed by atoms with Gasteiger partial charge in [0.15, 0.2) is 11.6 Å². The van der Waals surface area contributed by atoms with E-state index in [4.69, 9.17) is 5.84 Å². The van der Waals surface area contributed by atoms with Gasteiger partial charge in [0, 0.05) is 6.54 Å². The van der Waals surface area contributed by atoms with Crippen LogP contribution in [0.1, 0.15) is 24.8 Å². The van der Waals surface area contributed by atoms with Gasteiger partial charge in [-0.05, 0) is 37.3 Å². The first kappa shape index (κ1) is 12.1. The van der Waals surface area contributed by atoms with Crippen LogP contribution >= 0.6 is 0 Å². The average molecular weight is 241 g/mol. The number of nitrogens with two attached hydrogens (primary N) is 1. The molecule has 0 saturated heterocycles. The van der Waals surface area contributed by atoms with E-state index in [0.29, 0.717) is 18.2 Å². The fourth-order valence-corrected chi connectivity index (χ4v) is 1.98. The highest BCUT2D eigenvalue weighted by Crippen LogP contribution is 2.31. The van der Waals surface area contributed by atoms with E-state index in [1.165, 1.54) is 19.4 Å². The standard InChI is InChI=1S/C12H17F2N3/c1-7-5-9(17-15)12(11(14)10(7)13)16-6-8-3-2-4-8/h5,8,16-17H,2-4,6,15H2,1H3. The van der Waals surface area contributed by atoms with E-state index in [9.17, 15) is 8.78 Å². The number of nitrogens with one attached hydrogen (secondary N) is 2. The Bertz CT molecular complexity index is 417. The Kier molecular flexibility index (Phi) is 3.47. The van der Waals surface area contributed by atoms with Crippen molar-refractivity contribution < 1.29 is 8.78 Å². The molecule has 0 aromatic heterocycles. The minimum absolute atomic E-state index is 0.127. The lowest BCUT2D eigenvalue weighted by atomic mass is 9.85. The van der Waals surface area contributed by atoms with Crippen molar-refractivity contribution in [2.45, 2.75) is 26.2 Å². The topological polar surface area (TPSA) is 50.1 Å². The van der Waals surface area contributed by atoms with E-state index in [2.05, 4.69) is 10.7 Å². The second kappa shape index (κ2) is 4.87. The van der Waals surface area contributed by atoms with E-state index >= 15 is 0 Å². The molecule has 17 heavy (non-hydrogen) atoms. The van der Waals surface area contributed by atoms with Gasteiger partial charge < -0.3 is 10.7 Å². The molecule has 0 aliphatic heterocycles. The van der Waals surface area contributed by atoms with Gasteiger partial charge in [0.25, 0.3) is 0 Å². The van der Waals surface area contributed by atoms with Gasteiger partial charge in [-0.15, -0.1) is 0 Å². The fraction of sp³-hybridized carbons (Fsp3) is 0.500. The zero-order valence-corrected chi connectivity index (χ0v) is 9.82. The monoisotopic (exact) mass is 241 g/mol. The smallest absolute Gasteiger partial charge is 0.184 e. The van der Waals surface area contributed by atoms with Crippen LogP contribution in [0.5, 0.6) is 0 Å². The molecule has 4 N–H and O–H groups in total. The van der Waals surface area contributed by atoms with Crippen molar-refractivity contribution in [3.8, 4) is 0 Å². The van der Waals surface area contributed by atoms with Crippen LogP contribution in [-0.2, 0) is 0 Å². The summed E-state index contributed by atoms with van der Waals surface area (Å²) in [5, 5.41) is 2.94. The number of nitrogen functional groups attached to an aromatic ring is 1. The number of hydrogen-bond donors (Lipinski definition) is 3. The third-order valence-electron chi connectivity index (χ3n) is 3.34. The molecule has 0 spiro atoms. The third-order valence-corrected chi connectivity index (χ3v) is 3.34. The fourth-order valence-electron chi connectivity index (χ4n) is 1.98. The highest BCUT2D eigenvalue weighted by Gasteiger charge is 2.20. The Labute approximate surface area is 99.4 Å². The van der Waals surface area contributed by atoms with Crippen molar-refractivity contribution in [2.24, 2.45) is 11.8 Å². The van der Waals surface area contributed by atoms with Crippen LogP contribution in [0.25, 0.3) is 0 Å². The summed E-state index contributed by atoms with van der Waals surface area (Å²) in [6.45, 7) is 2.17. The predicted molar refractivity (Wildman–Crippen MR) is 64.7 cm³/mol. The summed E-state index contributed by atoms with van der Waals surface area (Å²) in [5.41, 5.74) is 3.15. The summed E-state index contributed by atoms with van der Waals surface area (Å²) in [5.74, 6) is 4.19. The van der Waals surface area contributed by atoms with Gasteiger partial charge >= 0.3 is 0 Å². The second-order valence-electron chi connectivity index (χ2n) is 4.57. The summed E-state index contributed by atoms with van der Waals surface area (Å²) in [6.07, 6.45) is 3.52. The van der Waals surface area contributed by atoms with Gasteiger partial charge in [0.2, 0.25) is 0 Å². The van der Waals surface area contributed by atoms with Gasteiger partial charge in [-0.25, -0.2) is 8.78 Å². The molecule has 5 heteroatoms. The van der Waals surface area contributed by atoms with E-state index in [-0.39, 0.29) is 11.3 Å². The Morgan fingerprint density at radius 2 is 2.06 bits per heavy atom. The molecule has 1 fully saturated rings. The molecule has 0 bridgehead atoms. The molecule has 0 amide bonds. The predicted octanol–water partition coefficient (Wildman–Crippen LogP) is 2.77. The largest absolute Gasteiger partial charge is 0.381 e. The number of benzene rings is 1. The molecule has 2 rings (SSSR count). The summed E-state index contributed by atoms with van der Waals surface area (Å²) in [6, 6.07) is 1.50. The summed E-state index contributed by atoms with van der Waals surface area (Å²) >= 11 is 0. The van der Waals surface area contributed by atoms with Crippen LogP contribution in [0.15, 0.2) is 6.07 Å². The number of rotatable bonds is 4. The molecule has 0 unspecified atom stereocenters. The highest BCUT2D eigenvalue weighted by atomic mass is 19.2. The molecule has 0 radical (unpaired) electrons. The van der Waals surface area contributed by atoms with Crippen molar-refractivity contribution in [3.63, 3.8) is 0 Å². The minimum Gasteiger partial charge on any atom is -0.381 e. The maximum absolute atomic E-state index is 13.7. The lowest BCUT2D eigenvalue weighted by Crippen LogP contribution is -2.22. The first-order chi connectivity index (χ1) is 8.13. The maximum atomic E-state index is 13.7. The van der Waals surface area contributed by atoms with Crippen LogP contribution in [0, 0.1) is 24.5 Å². The highest BCUT2D eigenvalue weighted by molar-refractivity contribution is 5.70. The number of hydrazine groups is 1. The number of halogens is 2. The molecular weight excluding hydrogens is 224 g/mol. The number of anilines is 2. The molecule has 94 valence electrons. The van der Waals surface area contributed by atoms with Gasteiger partial charge in [-0.1, -0.05) is 6.42 Å². The minimum atomic E-state index is -0.864. The van der Waals surface area contributed by atoms with Crippen molar-refractivity contribution in [3.05, 3.63) is 23.3 Å². The number of hydrogen-bond acceptors (Lipinski definition) is 3. The summed E-state index contributed by atoms with van der Waals surface area (Å²) < 4.78 is 27.2. The first-order valence-electron chi connectivity index (χ1n) is 5.82. The van der Waals surface area contributed by atoms with Gasteiger partial charge in [0.05, 0.1) is 11.4 Å². The van der Waals surface area contributed by atoms with E-state index in [0.717, 1.165) is 12.8 Å². The van der Waals surface area contributed by atoms with Crippen LogP contribution in [-0.4, -0.2) is 6.54 Å². The van der Waals surface area contributed by atoms with Crippen LogP contribution < -0.4 is 16.6 Å². The molecule has 0 atom stereocenters. The van der Waals surface area contributed by atoms with Crippen molar-refractivity contribution in [1.82, 2.24) is 0 Å². The molecular formula is C12H17F2N3. The van der Waals surface area contributed by atoms with Crippen LogP contribution in [0.4, 0.5) is 20.2 Å². The van der Waals surface area contributed by atoms with Crippen LogP contribution in [0.2, 0.25) is 0 Å². The van der Waals surface area contributed by atoms with Crippen LogP contribution in [0.3, 0.4) is 0 Å². The Morgan fingerprint density at radius 3 is 2.59 bits per heavy atom. The van der Waals surface area contributed by atoms with Gasteiger partial charge in [-0.2, -0.15) is 0 Å². The molecule has 1 aromatic carbocycles. The van der Waals surface area contributed by atoms with Crippen molar-refractivity contribution >= 4 is 11.4 Å². The third kappa shape index (κ3) is 2.34. The quantitative estimate of drug-likeness (QED) is 0.561. The van der Waals surface area contributed by atoms with Gasteiger partial charge in [0.1, 0.15) is 0 Å². The van der Waals surface area contributed by atoms with Crippen molar-refractivity contribution in [1.29, 1.82) is 0 Å². The first-order valence-corrected chi connectivity index (χ1v) is 5.82. The Morgan fingerprint density at radius 1 is 1.35 bits per heavy atom. The van der Waals surface area contributed by atoms with E-state index in [1.807, 2.05) is 0 Å². The summed E-state index contributed by atoms with van der Waals surface area (Å²) in [7, 11) is 0.